The second-order valence-corrected chi connectivity index (χ2v) is 12.9. The van der Waals surface area contributed by atoms with Crippen LogP contribution in [0.3, 0.4) is 0 Å². The molecule has 2 fully saturated rings. The van der Waals surface area contributed by atoms with Gasteiger partial charge in [0.2, 0.25) is 17.7 Å². The highest BCUT2D eigenvalue weighted by molar-refractivity contribution is 5.93. The molecule has 13 nitrogen and oxygen atoms in total. The van der Waals surface area contributed by atoms with E-state index in [4.69, 9.17) is 25.8 Å². The summed E-state index contributed by atoms with van der Waals surface area (Å²) < 4.78 is 5.89. The number of carboxylic acids is 2. The van der Waals surface area contributed by atoms with E-state index in [-0.39, 0.29) is 24.3 Å². The molecule has 2 aliphatic rings. The highest BCUT2D eigenvalue weighted by Gasteiger charge is 2.56. The smallest absolute Gasteiger partial charge is 0.333 e. The number of rotatable bonds is 11. The summed E-state index contributed by atoms with van der Waals surface area (Å²) in [4.78, 5) is 63.2. The molecule has 2 aromatic carbocycles. The Balaban J connectivity index is 0.000000584. The van der Waals surface area contributed by atoms with Crippen molar-refractivity contribution in [1.82, 2.24) is 15.1 Å². The maximum Gasteiger partial charge on any atom is 0.333 e. The number of carboxylic acid groups (broad SMARTS) is 2. The van der Waals surface area contributed by atoms with Crippen LogP contribution in [0.2, 0.25) is 0 Å². The molecule has 0 aromatic heterocycles. The van der Waals surface area contributed by atoms with E-state index in [2.05, 4.69) is 29.6 Å². The van der Waals surface area contributed by atoms with Crippen LogP contribution in [0.25, 0.3) is 0 Å². The molecule has 256 valence electrons. The summed E-state index contributed by atoms with van der Waals surface area (Å²) in [5, 5.41) is 27.0. The van der Waals surface area contributed by atoms with Crippen LogP contribution in [-0.4, -0.2) is 106 Å². The first-order valence-electron chi connectivity index (χ1n) is 15.5. The van der Waals surface area contributed by atoms with E-state index in [1.165, 1.54) is 0 Å². The van der Waals surface area contributed by atoms with Crippen molar-refractivity contribution < 1.29 is 44.0 Å². The first kappa shape index (κ1) is 37.1. The molecule has 2 heterocycles. The van der Waals surface area contributed by atoms with Crippen molar-refractivity contribution in [3.8, 4) is 0 Å². The molecule has 0 saturated carbocycles. The van der Waals surface area contributed by atoms with Crippen LogP contribution < -0.4 is 11.1 Å². The van der Waals surface area contributed by atoms with Gasteiger partial charge in [0.15, 0.2) is 6.10 Å². The zero-order valence-electron chi connectivity index (χ0n) is 27.3. The largest absolute Gasteiger partial charge is 0.481 e. The van der Waals surface area contributed by atoms with Gasteiger partial charge >= 0.3 is 11.9 Å². The topological polar surface area (TPSA) is 200 Å². The Hall–Kier alpha value is -4.33. The van der Waals surface area contributed by atoms with Crippen molar-refractivity contribution in [1.29, 1.82) is 0 Å². The Morgan fingerprint density at radius 1 is 1.09 bits per heavy atom. The quantitative estimate of drug-likeness (QED) is 0.237. The third-order valence-electron chi connectivity index (χ3n) is 8.45. The maximum absolute atomic E-state index is 13.9. The normalized spacial score (nSPS) is 20.6. The number of likely N-dealkylation sites (N-methyl/N-ethyl adjacent to an activating group) is 1. The van der Waals surface area contributed by atoms with Crippen molar-refractivity contribution >= 4 is 29.7 Å². The summed E-state index contributed by atoms with van der Waals surface area (Å²) >= 11 is 0. The van der Waals surface area contributed by atoms with Crippen LogP contribution in [-0.2, 0) is 35.3 Å². The third kappa shape index (κ3) is 9.83. The number of aliphatic carboxylic acids is 2. The molecule has 2 aliphatic heterocycles. The number of aryl methyl sites for hydroxylation is 1. The van der Waals surface area contributed by atoms with Gasteiger partial charge in [-0.15, -0.1) is 0 Å². The molecule has 2 saturated heterocycles. The van der Waals surface area contributed by atoms with Crippen LogP contribution in [0.1, 0.15) is 55.7 Å². The Bertz CT molecular complexity index is 1410. The van der Waals surface area contributed by atoms with Crippen molar-refractivity contribution in [3.05, 3.63) is 71.3 Å². The van der Waals surface area contributed by atoms with E-state index in [9.17, 15) is 24.0 Å². The lowest BCUT2D eigenvalue weighted by atomic mass is 9.69. The van der Waals surface area contributed by atoms with Gasteiger partial charge in [-0.3, -0.25) is 19.2 Å². The van der Waals surface area contributed by atoms with Gasteiger partial charge in [0.25, 0.3) is 0 Å². The summed E-state index contributed by atoms with van der Waals surface area (Å²) in [5.74, 6) is -3.46. The number of amides is 3. The molecule has 3 unspecified atom stereocenters. The first-order valence-corrected chi connectivity index (χ1v) is 15.5. The van der Waals surface area contributed by atoms with Gasteiger partial charge in [-0.1, -0.05) is 60.2 Å². The number of hydrogen-bond donors (Lipinski definition) is 5. The average molecular weight is 655 g/mol. The van der Waals surface area contributed by atoms with E-state index in [1.807, 2.05) is 44.3 Å². The van der Waals surface area contributed by atoms with Gasteiger partial charge in [0.05, 0.1) is 30.6 Å². The lowest BCUT2D eigenvalue weighted by Gasteiger charge is -2.43. The number of benzene rings is 2. The summed E-state index contributed by atoms with van der Waals surface area (Å²) in [5.41, 5.74) is 7.43. The zero-order chi connectivity index (χ0) is 34.9. The second kappa shape index (κ2) is 16.0. The molecule has 3 amide bonds. The maximum atomic E-state index is 13.9. The number of carbonyl (C=O) groups is 5. The second-order valence-electron chi connectivity index (χ2n) is 12.9. The van der Waals surface area contributed by atoms with E-state index in [1.54, 1.807) is 23.6 Å². The van der Waals surface area contributed by atoms with Crippen LogP contribution in [0.5, 0.6) is 0 Å². The minimum Gasteiger partial charge on any atom is -0.481 e. The Kier molecular flexibility index (Phi) is 12.6. The molecule has 6 N–H and O–H groups in total. The molecule has 4 rings (SSSR count). The highest BCUT2D eigenvalue weighted by Crippen LogP contribution is 2.49. The standard InChI is InChI=1S/C30H40N4O4.C4H6O5/c1-21-11-13-23(14-12-21)24-17-33(4)28(37)30(24)15-8-16-34(20-30)26(35)25(32-27(36)29(2,3)31)19-38-18-22-9-6-5-7-10-22;5-2(4(8)9)1-3(6)7/h5-7,9-14,24-25H,8,15-20,31H2,1-4H3,(H,32,36);2,5H,1H2,(H,6,7)(H,8,9)/t24?,25-,30?;/m1./s1. The lowest BCUT2D eigenvalue weighted by molar-refractivity contribution is -0.152. The zero-order valence-corrected chi connectivity index (χ0v) is 27.3. The number of piperidine rings is 1. The molecule has 13 heteroatoms. The summed E-state index contributed by atoms with van der Waals surface area (Å²) in [6.45, 7) is 7.02. The monoisotopic (exact) mass is 654 g/mol. The summed E-state index contributed by atoms with van der Waals surface area (Å²) in [6.07, 6.45) is -1.12. The minimum absolute atomic E-state index is 0.00822. The van der Waals surface area contributed by atoms with Crippen LogP contribution in [0.15, 0.2) is 54.6 Å². The molecule has 0 bridgehead atoms. The number of aliphatic hydroxyl groups is 1. The Morgan fingerprint density at radius 3 is 2.28 bits per heavy atom. The van der Waals surface area contributed by atoms with Gasteiger partial charge in [0.1, 0.15) is 6.04 Å². The number of nitrogens with one attached hydrogen (secondary N) is 1. The first-order chi connectivity index (χ1) is 22.0. The molecule has 0 aliphatic carbocycles. The van der Waals surface area contributed by atoms with Gasteiger partial charge < -0.3 is 40.9 Å². The number of nitrogens with zero attached hydrogens (tertiary/aromatic N) is 2. The van der Waals surface area contributed by atoms with Crippen LogP contribution in [0.4, 0.5) is 0 Å². The summed E-state index contributed by atoms with van der Waals surface area (Å²) in [6, 6.07) is 17.1. The predicted octanol–water partition coefficient (Wildman–Crippen LogP) is 1.50. The molecule has 2 aromatic rings. The molecule has 4 atom stereocenters. The van der Waals surface area contributed by atoms with Crippen molar-refractivity contribution in [2.24, 2.45) is 11.1 Å². The fourth-order valence-corrected chi connectivity index (χ4v) is 5.88. The molecular weight excluding hydrogens is 608 g/mol. The number of likely N-dealkylation sites (tertiary alicyclic amines) is 2. The number of carbonyl (C=O) groups excluding carboxylic acids is 3. The van der Waals surface area contributed by atoms with E-state index in [0.717, 1.165) is 23.1 Å². The van der Waals surface area contributed by atoms with Crippen LogP contribution >= 0.6 is 0 Å². The molecule has 0 radical (unpaired) electrons. The van der Waals surface area contributed by atoms with Crippen molar-refractivity contribution in [3.63, 3.8) is 0 Å². The Morgan fingerprint density at radius 2 is 1.72 bits per heavy atom. The third-order valence-corrected chi connectivity index (χ3v) is 8.45. The van der Waals surface area contributed by atoms with Crippen LogP contribution in [0, 0.1) is 12.3 Å². The average Bonchev–Trinajstić information content (AvgIpc) is 3.25. The van der Waals surface area contributed by atoms with Crippen molar-refractivity contribution in [2.45, 2.75) is 70.2 Å². The molecule has 47 heavy (non-hydrogen) atoms. The fourth-order valence-electron chi connectivity index (χ4n) is 5.88. The predicted molar refractivity (Wildman–Crippen MR) is 172 cm³/mol. The van der Waals surface area contributed by atoms with E-state index >= 15 is 0 Å². The molecular formula is C34H46N4O9. The summed E-state index contributed by atoms with van der Waals surface area (Å²) in [7, 11) is 1.84. The van der Waals surface area contributed by atoms with E-state index in [0.29, 0.717) is 32.7 Å². The van der Waals surface area contributed by atoms with Gasteiger partial charge in [0, 0.05) is 32.6 Å². The van der Waals surface area contributed by atoms with E-state index < -0.39 is 47.4 Å². The minimum atomic E-state index is -1.79. The SMILES string of the molecule is Cc1ccc(C2CN(C)C(=O)C23CCCN(C(=O)[C@@H](COCc2ccccc2)NC(=O)C(C)(C)N)C3)cc1.O=C(O)CC(O)C(=O)O. The highest BCUT2D eigenvalue weighted by atomic mass is 16.5. The van der Waals surface area contributed by atoms with Crippen molar-refractivity contribution in [2.75, 3.05) is 33.3 Å². The van der Waals surface area contributed by atoms with Gasteiger partial charge in [-0.05, 0) is 44.7 Å². The number of ether oxygens (including phenoxy) is 1. The Labute approximate surface area is 274 Å². The number of hydrogen-bond acceptors (Lipinski definition) is 8. The number of aliphatic hydroxyl groups excluding tert-OH is 1. The fraction of sp³-hybridized carbons (Fsp3) is 0.500. The molecule has 1 spiro atoms. The van der Waals surface area contributed by atoms with Gasteiger partial charge in [-0.2, -0.15) is 0 Å². The number of nitrogens with two attached hydrogens (primary N) is 1. The lowest BCUT2D eigenvalue weighted by Crippen LogP contribution is -2.60. The van der Waals surface area contributed by atoms with Gasteiger partial charge in [-0.25, -0.2) is 4.79 Å².